The molecule has 0 aliphatic rings. The zero-order chi connectivity index (χ0) is 44.9. The summed E-state index contributed by atoms with van der Waals surface area (Å²) in [5, 5.41) is 0. The fourth-order valence-corrected chi connectivity index (χ4v) is 6.59. The van der Waals surface area contributed by atoms with Gasteiger partial charge in [0, 0.05) is 13.0 Å². The predicted molar refractivity (Wildman–Crippen MR) is 269 cm³/mol. The van der Waals surface area contributed by atoms with Crippen molar-refractivity contribution in [2.24, 2.45) is 0 Å². The van der Waals surface area contributed by atoms with E-state index in [-0.39, 0.29) is 31.6 Å². The van der Waals surface area contributed by atoms with Crippen molar-refractivity contribution in [2.75, 3.05) is 19.8 Å². The zero-order valence-corrected chi connectivity index (χ0v) is 40.3. The largest absolute Gasteiger partial charge is 0.461 e. The molecule has 5 heteroatoms. The fourth-order valence-electron chi connectivity index (χ4n) is 6.59. The summed E-state index contributed by atoms with van der Waals surface area (Å²) in [6, 6.07) is 0. The summed E-state index contributed by atoms with van der Waals surface area (Å²) in [4.78, 5) is 25.3. The van der Waals surface area contributed by atoms with E-state index in [1.165, 1.54) is 89.9 Å². The van der Waals surface area contributed by atoms with E-state index in [0.29, 0.717) is 13.0 Å². The van der Waals surface area contributed by atoms with Gasteiger partial charge in [-0.25, -0.2) is 0 Å². The predicted octanol–water partition coefficient (Wildman–Crippen LogP) is 17.2. The molecule has 0 radical (unpaired) electrons. The molecule has 0 rings (SSSR count). The highest BCUT2D eigenvalue weighted by molar-refractivity contribution is 5.71. The molecule has 0 amide bonds. The van der Waals surface area contributed by atoms with Crippen molar-refractivity contribution >= 4 is 11.9 Å². The molecular weight excluding hydrogens is 765 g/mol. The van der Waals surface area contributed by atoms with E-state index in [0.717, 1.165) is 89.9 Å². The Labute approximate surface area is 383 Å². The Bertz CT molecular complexity index is 1250. The lowest BCUT2D eigenvalue weighted by atomic mass is 10.1. The molecule has 62 heavy (non-hydrogen) atoms. The summed E-state index contributed by atoms with van der Waals surface area (Å²) in [5.41, 5.74) is 0. The van der Waals surface area contributed by atoms with Crippen LogP contribution in [0.2, 0.25) is 0 Å². The molecule has 0 aromatic heterocycles. The van der Waals surface area contributed by atoms with Crippen LogP contribution in [0.25, 0.3) is 0 Å². The lowest BCUT2D eigenvalue weighted by molar-refractivity contribution is -0.162. The lowest BCUT2D eigenvalue weighted by Gasteiger charge is -2.18. The van der Waals surface area contributed by atoms with Gasteiger partial charge in [-0.15, -0.1) is 0 Å². The summed E-state index contributed by atoms with van der Waals surface area (Å²) in [6.07, 6.45) is 71.3. The first kappa shape index (κ1) is 58.6. The topological polar surface area (TPSA) is 61.8 Å². The first-order chi connectivity index (χ1) is 30.6. The zero-order valence-electron chi connectivity index (χ0n) is 40.3. The second-order valence-corrected chi connectivity index (χ2v) is 16.3. The van der Waals surface area contributed by atoms with Crippen LogP contribution in [0.15, 0.2) is 109 Å². The Morgan fingerprint density at radius 3 is 1.26 bits per heavy atom. The summed E-state index contributed by atoms with van der Waals surface area (Å²) < 4.78 is 17.3. The molecule has 352 valence electrons. The number of rotatable bonds is 45. The number of hydrogen-bond acceptors (Lipinski definition) is 5. The van der Waals surface area contributed by atoms with E-state index in [1.807, 2.05) is 12.2 Å². The van der Waals surface area contributed by atoms with Gasteiger partial charge in [-0.1, -0.05) is 207 Å². The van der Waals surface area contributed by atoms with Crippen LogP contribution in [-0.2, 0) is 23.8 Å². The maximum Gasteiger partial charge on any atom is 0.309 e. The number of allylic oxidation sites excluding steroid dienone is 17. The minimum atomic E-state index is -0.598. The fraction of sp³-hybridized carbons (Fsp3) is 0.649. The summed E-state index contributed by atoms with van der Waals surface area (Å²) >= 11 is 0. The van der Waals surface area contributed by atoms with Gasteiger partial charge in [0.05, 0.1) is 13.0 Å². The van der Waals surface area contributed by atoms with Gasteiger partial charge in [-0.05, 0) is 103 Å². The number of unbranched alkanes of at least 4 members (excludes halogenated alkanes) is 17. The molecule has 0 heterocycles. The van der Waals surface area contributed by atoms with Crippen LogP contribution in [0.1, 0.15) is 213 Å². The first-order valence-corrected chi connectivity index (χ1v) is 25.4. The van der Waals surface area contributed by atoms with Gasteiger partial charge in [0.25, 0.3) is 0 Å². The minimum absolute atomic E-state index is 0.0122. The quantitative estimate of drug-likeness (QED) is 0.0347. The van der Waals surface area contributed by atoms with E-state index < -0.39 is 6.10 Å². The molecule has 0 aromatic carbocycles. The molecule has 0 saturated carbocycles. The number of carbonyl (C=O) groups excluding carboxylic acids is 2. The van der Waals surface area contributed by atoms with E-state index in [1.54, 1.807) is 0 Å². The Morgan fingerprint density at radius 2 is 0.774 bits per heavy atom. The van der Waals surface area contributed by atoms with Gasteiger partial charge in [0.15, 0.2) is 6.10 Å². The van der Waals surface area contributed by atoms with E-state index in [9.17, 15) is 9.59 Å². The Balaban J connectivity index is 4.42. The molecule has 5 nitrogen and oxygen atoms in total. The van der Waals surface area contributed by atoms with Gasteiger partial charge in [0.1, 0.15) is 6.61 Å². The van der Waals surface area contributed by atoms with Gasteiger partial charge in [0.2, 0.25) is 0 Å². The van der Waals surface area contributed by atoms with Crippen LogP contribution in [-0.4, -0.2) is 37.9 Å². The van der Waals surface area contributed by atoms with Gasteiger partial charge >= 0.3 is 11.9 Å². The van der Waals surface area contributed by atoms with E-state index >= 15 is 0 Å². The molecule has 0 aliphatic carbocycles. The van der Waals surface area contributed by atoms with Crippen molar-refractivity contribution in [3.8, 4) is 0 Å². The molecule has 0 fully saturated rings. The third kappa shape index (κ3) is 49.2. The SMILES string of the molecule is CC/C=C\C/C=C\C/C=C\C/C=C\C/C=C\CC(=O)OCC(COCCCCCCCCCC/C=C\CCCCCCCC)OC(=O)CCCCC/C=C\C/C=C\C/C=C\CC. The van der Waals surface area contributed by atoms with Crippen LogP contribution in [0.3, 0.4) is 0 Å². The van der Waals surface area contributed by atoms with Crippen molar-refractivity contribution in [3.05, 3.63) is 109 Å². The third-order valence-electron chi connectivity index (χ3n) is 10.3. The van der Waals surface area contributed by atoms with Crippen LogP contribution < -0.4 is 0 Å². The first-order valence-electron chi connectivity index (χ1n) is 25.4. The summed E-state index contributed by atoms with van der Waals surface area (Å²) in [7, 11) is 0. The van der Waals surface area contributed by atoms with Gasteiger partial charge in [-0.3, -0.25) is 9.59 Å². The number of hydrogen-bond donors (Lipinski definition) is 0. The minimum Gasteiger partial charge on any atom is -0.461 e. The number of esters is 2. The highest BCUT2D eigenvalue weighted by Crippen LogP contribution is 2.12. The number of ether oxygens (including phenoxy) is 3. The van der Waals surface area contributed by atoms with Gasteiger partial charge in [-0.2, -0.15) is 0 Å². The smallest absolute Gasteiger partial charge is 0.309 e. The molecule has 0 N–H and O–H groups in total. The Hall–Kier alpha value is -3.44. The third-order valence-corrected chi connectivity index (χ3v) is 10.3. The maximum absolute atomic E-state index is 12.8. The molecular formula is C57H94O5. The van der Waals surface area contributed by atoms with Crippen molar-refractivity contribution < 1.29 is 23.8 Å². The van der Waals surface area contributed by atoms with Crippen molar-refractivity contribution in [1.29, 1.82) is 0 Å². The van der Waals surface area contributed by atoms with Crippen molar-refractivity contribution in [2.45, 2.75) is 219 Å². The summed E-state index contributed by atoms with van der Waals surface area (Å²) in [5.74, 6) is -0.584. The lowest BCUT2D eigenvalue weighted by Crippen LogP contribution is -2.30. The molecule has 1 atom stereocenters. The highest BCUT2D eigenvalue weighted by Gasteiger charge is 2.17. The van der Waals surface area contributed by atoms with Crippen molar-refractivity contribution in [1.82, 2.24) is 0 Å². The highest BCUT2D eigenvalue weighted by atomic mass is 16.6. The van der Waals surface area contributed by atoms with Crippen LogP contribution in [0.5, 0.6) is 0 Å². The monoisotopic (exact) mass is 859 g/mol. The second kappa shape index (κ2) is 51.9. The molecule has 0 saturated heterocycles. The molecule has 1 unspecified atom stereocenters. The molecule has 0 aliphatic heterocycles. The van der Waals surface area contributed by atoms with Crippen molar-refractivity contribution in [3.63, 3.8) is 0 Å². The molecule has 0 bridgehead atoms. The van der Waals surface area contributed by atoms with E-state index in [4.69, 9.17) is 14.2 Å². The van der Waals surface area contributed by atoms with Gasteiger partial charge < -0.3 is 14.2 Å². The number of carbonyl (C=O) groups is 2. The Kier molecular flexibility index (Phi) is 49.0. The van der Waals surface area contributed by atoms with Crippen LogP contribution in [0, 0.1) is 0 Å². The standard InChI is InChI=1S/C57H94O5/c1-4-7-10-13-16-19-22-25-27-28-29-31-34-37-40-43-46-49-52-60-53-55(62-57(59)51-48-45-42-39-36-32-24-21-18-15-12-9-6-3)54-61-56(58)50-47-44-41-38-35-33-30-26-23-20-17-14-11-8-5-2/h8-9,11-12,17-18,20-21,25-27,30,32,35-36,38,44,47,55H,4-7,10,13-16,19,22-24,28-29,31,33-34,37,39-43,45-46,48-54H2,1-3H3/b11-8-,12-9-,20-17-,21-18-,27-25-,30-26-,36-32-,38-35-,47-44-. The Morgan fingerprint density at radius 1 is 0.387 bits per heavy atom. The second-order valence-electron chi connectivity index (χ2n) is 16.3. The van der Waals surface area contributed by atoms with E-state index in [2.05, 4.69) is 118 Å². The normalized spacial score (nSPS) is 13.1. The average Bonchev–Trinajstić information content (AvgIpc) is 3.27. The summed E-state index contributed by atoms with van der Waals surface area (Å²) in [6.45, 7) is 7.44. The maximum atomic E-state index is 12.8. The average molecular weight is 859 g/mol. The van der Waals surface area contributed by atoms with Crippen LogP contribution in [0.4, 0.5) is 0 Å². The van der Waals surface area contributed by atoms with Crippen LogP contribution >= 0.6 is 0 Å². The molecule has 0 aromatic rings. The molecule has 0 spiro atoms.